The Kier molecular flexibility index (Phi) is 5.47. The molecule has 0 fully saturated rings. The van der Waals surface area contributed by atoms with Crippen molar-refractivity contribution in [3.8, 4) is 0 Å². The second-order valence-electron chi connectivity index (χ2n) is 7.61. The van der Waals surface area contributed by atoms with Crippen molar-refractivity contribution in [2.75, 3.05) is 10.0 Å². The van der Waals surface area contributed by atoms with E-state index >= 15 is 0 Å². The minimum Gasteiger partial charge on any atom is -0.493 e. The molecule has 0 saturated heterocycles. The molecule has 1 aliphatic rings. The van der Waals surface area contributed by atoms with E-state index in [0.29, 0.717) is 16.9 Å². The topological polar surface area (TPSA) is 84.5 Å². The zero-order valence-electron chi connectivity index (χ0n) is 16.1. The van der Waals surface area contributed by atoms with Crippen molar-refractivity contribution in [3.05, 3.63) is 72.0 Å². The molecule has 0 spiro atoms. The van der Waals surface area contributed by atoms with Crippen molar-refractivity contribution >= 4 is 27.3 Å². The molecule has 3 rings (SSSR count). The molecule has 0 saturated carbocycles. The fraction of sp³-hybridized carbons (Fsp3) is 0.286. The number of nitrogens with one attached hydrogen (secondary N) is 2. The number of sulfonamides is 1. The molecule has 2 aromatic carbocycles. The molecule has 2 aromatic rings. The summed E-state index contributed by atoms with van der Waals surface area (Å²) in [6, 6.07) is 13.9. The SMILES string of the molecule is CC(C)(C)S(=O)(=O)Nc1ccc(C(=O)Nc2cccc(C3CC=CO3)c2)cc1. The van der Waals surface area contributed by atoms with Crippen LogP contribution in [0.3, 0.4) is 0 Å². The van der Waals surface area contributed by atoms with Gasteiger partial charge >= 0.3 is 0 Å². The van der Waals surface area contributed by atoms with E-state index in [0.717, 1.165) is 12.0 Å². The lowest BCUT2D eigenvalue weighted by Crippen LogP contribution is -2.33. The van der Waals surface area contributed by atoms with Gasteiger partial charge in [-0.3, -0.25) is 9.52 Å². The van der Waals surface area contributed by atoms with Crippen LogP contribution in [0.1, 0.15) is 49.2 Å². The first-order valence-electron chi connectivity index (χ1n) is 9.00. The Bertz CT molecular complexity index is 982. The Morgan fingerprint density at radius 3 is 2.39 bits per heavy atom. The zero-order chi connectivity index (χ0) is 20.4. The first kappa shape index (κ1) is 19.9. The van der Waals surface area contributed by atoms with E-state index in [2.05, 4.69) is 10.0 Å². The average molecular weight is 401 g/mol. The zero-order valence-corrected chi connectivity index (χ0v) is 16.9. The summed E-state index contributed by atoms with van der Waals surface area (Å²) in [7, 11) is -3.51. The molecule has 1 amide bonds. The van der Waals surface area contributed by atoms with Gasteiger partial charge in [0.05, 0.1) is 11.0 Å². The minimum absolute atomic E-state index is 0.0213. The third-order valence-electron chi connectivity index (χ3n) is 4.41. The highest BCUT2D eigenvalue weighted by molar-refractivity contribution is 7.94. The first-order valence-corrected chi connectivity index (χ1v) is 10.5. The fourth-order valence-corrected chi connectivity index (χ4v) is 3.37. The van der Waals surface area contributed by atoms with Crippen LogP contribution in [0.2, 0.25) is 0 Å². The van der Waals surface area contributed by atoms with Crippen LogP contribution < -0.4 is 10.0 Å². The molecule has 1 atom stereocenters. The number of ether oxygens (including phenoxy) is 1. The van der Waals surface area contributed by atoms with Crippen LogP contribution in [0, 0.1) is 0 Å². The van der Waals surface area contributed by atoms with Gasteiger partial charge in [0.2, 0.25) is 10.0 Å². The van der Waals surface area contributed by atoms with E-state index in [1.165, 1.54) is 0 Å². The molecule has 6 nitrogen and oxygen atoms in total. The Labute approximate surface area is 165 Å². The number of anilines is 2. The summed E-state index contributed by atoms with van der Waals surface area (Å²) in [6.45, 7) is 4.87. The summed E-state index contributed by atoms with van der Waals surface area (Å²) in [5.41, 5.74) is 2.52. The van der Waals surface area contributed by atoms with E-state index in [9.17, 15) is 13.2 Å². The van der Waals surface area contributed by atoms with Crippen LogP contribution in [0.25, 0.3) is 0 Å². The van der Waals surface area contributed by atoms with Gasteiger partial charge < -0.3 is 10.1 Å². The summed E-state index contributed by atoms with van der Waals surface area (Å²) >= 11 is 0. The summed E-state index contributed by atoms with van der Waals surface area (Å²) in [6.07, 6.45) is 4.44. The van der Waals surface area contributed by atoms with Gasteiger partial charge in [-0.1, -0.05) is 12.1 Å². The summed E-state index contributed by atoms with van der Waals surface area (Å²) in [5.74, 6) is -0.271. The second-order valence-corrected chi connectivity index (χ2v) is 10.0. The van der Waals surface area contributed by atoms with Crippen molar-refractivity contribution in [3.63, 3.8) is 0 Å². The fourth-order valence-electron chi connectivity index (χ4n) is 2.62. The smallest absolute Gasteiger partial charge is 0.255 e. The van der Waals surface area contributed by atoms with E-state index in [4.69, 9.17) is 4.74 Å². The number of carbonyl (C=O) groups excluding carboxylic acids is 1. The van der Waals surface area contributed by atoms with Gasteiger partial charge in [-0.15, -0.1) is 0 Å². The van der Waals surface area contributed by atoms with E-state index in [1.807, 2.05) is 30.3 Å². The third kappa shape index (κ3) is 4.54. The lowest BCUT2D eigenvalue weighted by Gasteiger charge is -2.20. The van der Waals surface area contributed by atoms with Crippen molar-refractivity contribution in [1.82, 2.24) is 0 Å². The van der Waals surface area contributed by atoms with Crippen LogP contribution in [0.4, 0.5) is 11.4 Å². The lowest BCUT2D eigenvalue weighted by atomic mass is 10.1. The van der Waals surface area contributed by atoms with Crippen LogP contribution in [-0.2, 0) is 14.8 Å². The predicted molar refractivity (Wildman–Crippen MR) is 111 cm³/mol. The molecule has 1 unspecified atom stereocenters. The highest BCUT2D eigenvalue weighted by Crippen LogP contribution is 2.28. The second kappa shape index (κ2) is 7.67. The molecular formula is C21H24N2O4S. The van der Waals surface area contributed by atoms with Gasteiger partial charge in [-0.25, -0.2) is 8.42 Å². The maximum absolute atomic E-state index is 12.5. The van der Waals surface area contributed by atoms with E-state index in [1.54, 1.807) is 51.3 Å². The standard InChI is InChI=1S/C21H24N2O4S/c1-21(2,3)28(25,26)23-17-11-9-15(10-12-17)20(24)22-18-7-4-6-16(14-18)19-8-5-13-27-19/h4-7,9-14,19,23H,8H2,1-3H3,(H,22,24). The average Bonchev–Trinajstić information content (AvgIpc) is 3.16. The molecule has 0 aromatic heterocycles. The normalized spacial score (nSPS) is 16.5. The summed E-state index contributed by atoms with van der Waals surface area (Å²) < 4.78 is 31.6. The number of carbonyl (C=O) groups is 1. The Morgan fingerprint density at radius 1 is 1.07 bits per heavy atom. The molecule has 148 valence electrons. The molecule has 0 aliphatic carbocycles. The molecule has 1 heterocycles. The quantitative estimate of drug-likeness (QED) is 0.776. The van der Waals surface area contributed by atoms with Crippen LogP contribution in [-0.4, -0.2) is 19.1 Å². The van der Waals surface area contributed by atoms with Gasteiger partial charge in [0.15, 0.2) is 0 Å². The van der Waals surface area contributed by atoms with Gasteiger partial charge in [-0.2, -0.15) is 0 Å². The summed E-state index contributed by atoms with van der Waals surface area (Å²) in [5, 5.41) is 2.86. The van der Waals surface area contributed by atoms with E-state index in [-0.39, 0.29) is 12.0 Å². The Morgan fingerprint density at radius 2 is 1.79 bits per heavy atom. The van der Waals surface area contributed by atoms with Crippen molar-refractivity contribution in [2.24, 2.45) is 0 Å². The highest BCUT2D eigenvalue weighted by atomic mass is 32.2. The molecule has 2 N–H and O–H groups in total. The Hall–Kier alpha value is -2.80. The number of hydrogen-bond donors (Lipinski definition) is 2. The summed E-state index contributed by atoms with van der Waals surface area (Å²) in [4.78, 5) is 12.5. The molecule has 1 aliphatic heterocycles. The first-order chi connectivity index (χ1) is 13.2. The minimum atomic E-state index is -3.51. The highest BCUT2D eigenvalue weighted by Gasteiger charge is 2.28. The molecule has 0 radical (unpaired) electrons. The van der Waals surface area contributed by atoms with Gasteiger partial charge in [0.25, 0.3) is 5.91 Å². The number of rotatable bonds is 5. The van der Waals surface area contributed by atoms with Crippen molar-refractivity contribution in [1.29, 1.82) is 0 Å². The maximum Gasteiger partial charge on any atom is 0.255 e. The Balaban J connectivity index is 1.68. The monoisotopic (exact) mass is 400 g/mol. The molecule has 7 heteroatoms. The molecule has 0 bridgehead atoms. The molecule has 28 heavy (non-hydrogen) atoms. The van der Waals surface area contributed by atoms with Crippen LogP contribution >= 0.6 is 0 Å². The van der Waals surface area contributed by atoms with Crippen LogP contribution in [0.5, 0.6) is 0 Å². The van der Waals surface area contributed by atoms with Gasteiger partial charge in [0.1, 0.15) is 6.10 Å². The van der Waals surface area contributed by atoms with Crippen LogP contribution in [0.15, 0.2) is 60.9 Å². The van der Waals surface area contributed by atoms with Gasteiger partial charge in [-0.05, 0) is 68.8 Å². The third-order valence-corrected chi connectivity index (χ3v) is 6.53. The van der Waals surface area contributed by atoms with Gasteiger partial charge in [0, 0.05) is 23.4 Å². The number of hydrogen-bond acceptors (Lipinski definition) is 4. The number of amides is 1. The number of benzene rings is 2. The van der Waals surface area contributed by atoms with Crippen molar-refractivity contribution < 1.29 is 17.9 Å². The predicted octanol–water partition coefficient (Wildman–Crippen LogP) is 4.45. The maximum atomic E-state index is 12.5. The lowest BCUT2D eigenvalue weighted by molar-refractivity contribution is 0.102. The van der Waals surface area contributed by atoms with E-state index < -0.39 is 14.8 Å². The van der Waals surface area contributed by atoms with Crippen molar-refractivity contribution in [2.45, 2.75) is 38.0 Å². The largest absolute Gasteiger partial charge is 0.493 e. The molecular weight excluding hydrogens is 376 g/mol.